The first-order valence-electron chi connectivity index (χ1n) is 8.87. The molecular weight excluding hydrogens is 308 g/mol. The number of aromatic amines is 1. The van der Waals surface area contributed by atoms with Gasteiger partial charge in [-0.1, -0.05) is 36.4 Å². The third-order valence-electron chi connectivity index (χ3n) is 5.18. The Hall–Kier alpha value is -2.68. The summed E-state index contributed by atoms with van der Waals surface area (Å²) in [5.74, 6) is 1.49. The van der Waals surface area contributed by atoms with E-state index in [0.29, 0.717) is 5.92 Å². The van der Waals surface area contributed by atoms with Gasteiger partial charge in [-0.2, -0.15) is 0 Å². The van der Waals surface area contributed by atoms with Gasteiger partial charge in [0.05, 0.1) is 7.11 Å². The molecule has 4 rings (SSSR count). The fourth-order valence-electron chi connectivity index (χ4n) is 3.80. The number of methoxy groups -OCH3 is 1. The maximum Gasteiger partial charge on any atom is 0.124 e. The van der Waals surface area contributed by atoms with Crippen molar-refractivity contribution in [3.8, 4) is 5.75 Å². The number of fused-ring (bicyclic) bond motifs is 1. The number of nitrogens with one attached hydrogen (secondary N) is 1. The number of nitrogens with zero attached hydrogens (tertiary/aromatic N) is 1. The third-order valence-corrected chi connectivity index (χ3v) is 5.18. The van der Waals surface area contributed by atoms with Crippen molar-refractivity contribution < 1.29 is 4.74 Å². The maximum atomic E-state index is 5.67. The largest absolute Gasteiger partial charge is 0.496 e. The number of rotatable bonds is 4. The molecule has 3 nitrogen and oxygen atoms in total. The molecule has 3 aromatic rings. The zero-order chi connectivity index (χ0) is 17.2. The molecule has 2 aromatic carbocycles. The molecule has 0 saturated heterocycles. The van der Waals surface area contributed by atoms with E-state index in [-0.39, 0.29) is 0 Å². The van der Waals surface area contributed by atoms with Crippen molar-refractivity contribution in [2.24, 2.45) is 0 Å². The minimum Gasteiger partial charge on any atom is -0.496 e. The Morgan fingerprint density at radius 1 is 1.20 bits per heavy atom. The summed E-state index contributed by atoms with van der Waals surface area (Å²) in [5.41, 5.74) is 5.09. The van der Waals surface area contributed by atoms with E-state index in [1.165, 1.54) is 27.6 Å². The summed E-state index contributed by atoms with van der Waals surface area (Å²) >= 11 is 0. The normalized spacial score (nSPS) is 17.2. The number of hydrogen-bond donors (Lipinski definition) is 1. The lowest BCUT2D eigenvalue weighted by Gasteiger charge is -2.29. The second-order valence-corrected chi connectivity index (χ2v) is 6.76. The average Bonchev–Trinajstić information content (AvgIpc) is 3.16. The highest BCUT2D eigenvalue weighted by Gasteiger charge is 2.18. The van der Waals surface area contributed by atoms with Crippen molar-refractivity contribution in [1.82, 2.24) is 9.88 Å². The van der Waals surface area contributed by atoms with E-state index in [1.807, 2.05) is 6.20 Å². The molecule has 1 atom stereocenters. The van der Waals surface area contributed by atoms with Gasteiger partial charge in [0, 0.05) is 41.7 Å². The molecule has 1 N–H and O–H groups in total. The number of allylic oxidation sites excluding steroid dienone is 1. The molecule has 0 aliphatic carbocycles. The molecule has 1 aliphatic rings. The molecule has 0 radical (unpaired) electrons. The predicted octanol–water partition coefficient (Wildman–Crippen LogP) is 4.99. The molecule has 0 bridgehead atoms. The predicted molar refractivity (Wildman–Crippen MR) is 103 cm³/mol. The van der Waals surface area contributed by atoms with Crippen LogP contribution < -0.4 is 4.74 Å². The van der Waals surface area contributed by atoms with Crippen molar-refractivity contribution in [3.63, 3.8) is 0 Å². The number of H-pyrrole nitrogens is 1. The zero-order valence-corrected chi connectivity index (χ0v) is 14.8. The quantitative estimate of drug-likeness (QED) is 0.729. The fraction of sp³-hybridized carbons (Fsp3) is 0.273. The van der Waals surface area contributed by atoms with Crippen LogP contribution in [0.25, 0.3) is 10.9 Å². The minimum atomic E-state index is 0.518. The molecule has 1 aliphatic heterocycles. The van der Waals surface area contributed by atoms with Gasteiger partial charge in [-0.15, -0.1) is 0 Å². The van der Waals surface area contributed by atoms with Crippen molar-refractivity contribution in [2.75, 3.05) is 13.7 Å². The first kappa shape index (κ1) is 15.8. The van der Waals surface area contributed by atoms with Crippen LogP contribution in [0.1, 0.15) is 29.0 Å². The molecule has 0 amide bonds. The van der Waals surface area contributed by atoms with Gasteiger partial charge in [0.25, 0.3) is 0 Å². The van der Waals surface area contributed by atoms with Crippen LogP contribution in [0.2, 0.25) is 0 Å². The molecule has 25 heavy (non-hydrogen) atoms. The highest BCUT2D eigenvalue weighted by molar-refractivity contribution is 5.88. The Morgan fingerprint density at radius 3 is 2.76 bits per heavy atom. The lowest BCUT2D eigenvalue weighted by Crippen LogP contribution is -2.24. The van der Waals surface area contributed by atoms with E-state index in [0.717, 1.165) is 25.3 Å². The number of aromatic nitrogens is 1. The summed E-state index contributed by atoms with van der Waals surface area (Å²) in [6.07, 6.45) is 7.73. The summed E-state index contributed by atoms with van der Waals surface area (Å²) in [5, 5.41) is 1.26. The van der Waals surface area contributed by atoms with E-state index >= 15 is 0 Å². The maximum absolute atomic E-state index is 5.67. The van der Waals surface area contributed by atoms with Gasteiger partial charge in [-0.3, -0.25) is 0 Å². The second-order valence-electron chi connectivity index (χ2n) is 6.76. The van der Waals surface area contributed by atoms with Crippen molar-refractivity contribution >= 4 is 10.9 Å². The summed E-state index contributed by atoms with van der Waals surface area (Å²) in [4.78, 5) is 5.74. The molecule has 0 saturated carbocycles. The topological polar surface area (TPSA) is 28.3 Å². The standard InChI is InChI=1S/C22H24N2O/c1-16-14-21(25-2)20(19-8-11-23-22(16)19)15-24-12-9-18(10-13-24)17-6-4-3-5-7-17/h3-9,11-12,14,18,23H,10,13,15H2,1-2H3. The smallest absolute Gasteiger partial charge is 0.124 e. The van der Waals surface area contributed by atoms with Crippen LogP contribution in [0, 0.1) is 6.92 Å². The van der Waals surface area contributed by atoms with Gasteiger partial charge in [0.15, 0.2) is 0 Å². The van der Waals surface area contributed by atoms with Crippen molar-refractivity contribution in [2.45, 2.75) is 25.8 Å². The van der Waals surface area contributed by atoms with E-state index in [2.05, 4.69) is 71.5 Å². The Balaban J connectivity index is 1.59. The average molecular weight is 332 g/mol. The van der Waals surface area contributed by atoms with Gasteiger partial charge in [-0.25, -0.2) is 0 Å². The molecular formula is C22H24N2O. The molecule has 3 heteroatoms. The van der Waals surface area contributed by atoms with Crippen molar-refractivity contribution in [1.29, 1.82) is 0 Å². The van der Waals surface area contributed by atoms with Crippen molar-refractivity contribution in [3.05, 3.63) is 77.6 Å². The van der Waals surface area contributed by atoms with Crippen LogP contribution in [-0.2, 0) is 6.54 Å². The zero-order valence-electron chi connectivity index (χ0n) is 14.8. The number of benzene rings is 2. The summed E-state index contributed by atoms with van der Waals surface area (Å²) in [6.45, 7) is 4.05. The van der Waals surface area contributed by atoms with E-state index in [9.17, 15) is 0 Å². The summed E-state index contributed by atoms with van der Waals surface area (Å²) in [6, 6.07) is 15.0. The van der Waals surface area contributed by atoms with Crippen LogP contribution in [0.4, 0.5) is 0 Å². The van der Waals surface area contributed by atoms with E-state index in [4.69, 9.17) is 4.74 Å². The van der Waals surface area contributed by atoms with Crippen LogP contribution in [0.5, 0.6) is 5.75 Å². The molecule has 0 fully saturated rings. The molecule has 128 valence electrons. The highest BCUT2D eigenvalue weighted by Crippen LogP contribution is 2.33. The van der Waals surface area contributed by atoms with Gasteiger partial charge in [0.1, 0.15) is 5.75 Å². The van der Waals surface area contributed by atoms with Crippen LogP contribution >= 0.6 is 0 Å². The lowest BCUT2D eigenvalue weighted by atomic mass is 9.93. The molecule has 1 aromatic heterocycles. The number of aryl methyl sites for hydroxylation is 1. The summed E-state index contributed by atoms with van der Waals surface area (Å²) in [7, 11) is 1.76. The fourth-order valence-corrected chi connectivity index (χ4v) is 3.80. The lowest BCUT2D eigenvalue weighted by molar-refractivity contribution is 0.328. The van der Waals surface area contributed by atoms with E-state index in [1.54, 1.807) is 7.11 Å². The molecule has 2 heterocycles. The highest BCUT2D eigenvalue weighted by atomic mass is 16.5. The van der Waals surface area contributed by atoms with Gasteiger partial charge in [-0.05, 0) is 42.8 Å². The number of ether oxygens (including phenoxy) is 1. The Morgan fingerprint density at radius 2 is 2.04 bits per heavy atom. The minimum absolute atomic E-state index is 0.518. The van der Waals surface area contributed by atoms with Crippen LogP contribution in [0.3, 0.4) is 0 Å². The van der Waals surface area contributed by atoms with Crippen LogP contribution in [0.15, 0.2) is 60.9 Å². The van der Waals surface area contributed by atoms with Gasteiger partial charge >= 0.3 is 0 Å². The van der Waals surface area contributed by atoms with Crippen LogP contribution in [-0.4, -0.2) is 23.5 Å². The van der Waals surface area contributed by atoms with Gasteiger partial charge in [0.2, 0.25) is 0 Å². The van der Waals surface area contributed by atoms with E-state index < -0.39 is 0 Å². The first-order chi connectivity index (χ1) is 12.3. The number of hydrogen-bond acceptors (Lipinski definition) is 2. The Bertz CT molecular complexity index is 895. The SMILES string of the molecule is COc1cc(C)c2[nH]ccc2c1CN1C=CC(c2ccccc2)CC1. The first-order valence-corrected chi connectivity index (χ1v) is 8.87. The molecule has 0 spiro atoms. The third kappa shape index (κ3) is 3.02. The summed E-state index contributed by atoms with van der Waals surface area (Å²) < 4.78 is 5.67. The molecule has 1 unspecified atom stereocenters. The monoisotopic (exact) mass is 332 g/mol. The Labute approximate surface area is 148 Å². The Kier molecular flexibility index (Phi) is 4.22. The van der Waals surface area contributed by atoms with Gasteiger partial charge < -0.3 is 14.6 Å². The second kappa shape index (κ2) is 6.67.